The van der Waals surface area contributed by atoms with E-state index in [1.165, 1.54) is 4.88 Å². The molecule has 0 aromatic carbocycles. The van der Waals surface area contributed by atoms with Crippen molar-refractivity contribution in [3.05, 3.63) is 39.0 Å². The molecular formula is C14H17N3O2S. The third-order valence-electron chi connectivity index (χ3n) is 3.01. The zero-order chi connectivity index (χ0) is 14.9. The highest BCUT2D eigenvalue weighted by molar-refractivity contribution is 7.11. The summed E-state index contributed by atoms with van der Waals surface area (Å²) in [6.07, 6.45) is 0. The van der Waals surface area contributed by atoms with Gasteiger partial charge in [0.25, 0.3) is 0 Å². The summed E-state index contributed by atoms with van der Waals surface area (Å²) in [5, 5.41) is 13.3. The monoisotopic (exact) mass is 291 g/mol. The first-order chi connectivity index (χ1) is 9.38. The van der Waals surface area contributed by atoms with Crippen molar-refractivity contribution in [3.8, 4) is 0 Å². The molecule has 6 heteroatoms. The second-order valence-corrected chi connectivity index (χ2v) is 5.92. The summed E-state index contributed by atoms with van der Waals surface area (Å²) < 4.78 is 0. The lowest BCUT2D eigenvalue weighted by atomic mass is 10.2. The predicted molar refractivity (Wildman–Crippen MR) is 79.6 cm³/mol. The van der Waals surface area contributed by atoms with Crippen LogP contribution < -0.4 is 5.32 Å². The Hall–Kier alpha value is -1.95. The number of nitrogens with one attached hydrogen (secondary N) is 1. The average Bonchev–Trinajstić information content (AvgIpc) is 2.68. The van der Waals surface area contributed by atoms with E-state index in [0.29, 0.717) is 11.5 Å². The second kappa shape index (κ2) is 5.58. The molecule has 2 N–H and O–H groups in total. The van der Waals surface area contributed by atoms with Gasteiger partial charge in [0.2, 0.25) is 0 Å². The standard InChI is InChI=1S/C14H17N3O2S/c1-7-11(14(18)19)5-6-12(16-7)17-9(3)13-8(2)15-10(4)20-13/h5-6,9H,1-4H3,(H,16,17)(H,18,19). The number of hydrogen-bond acceptors (Lipinski definition) is 5. The molecule has 5 nitrogen and oxygen atoms in total. The van der Waals surface area contributed by atoms with Crippen LogP contribution in [-0.4, -0.2) is 21.0 Å². The molecule has 0 spiro atoms. The number of nitrogens with zero attached hydrogens (tertiary/aromatic N) is 2. The van der Waals surface area contributed by atoms with Crippen molar-refractivity contribution in [1.82, 2.24) is 9.97 Å². The lowest BCUT2D eigenvalue weighted by Crippen LogP contribution is -2.10. The van der Waals surface area contributed by atoms with Crippen LogP contribution in [0.15, 0.2) is 12.1 Å². The molecule has 0 aliphatic heterocycles. The van der Waals surface area contributed by atoms with Crippen LogP contribution >= 0.6 is 11.3 Å². The van der Waals surface area contributed by atoms with Crippen molar-refractivity contribution < 1.29 is 9.90 Å². The minimum atomic E-state index is -0.955. The molecule has 1 unspecified atom stereocenters. The lowest BCUT2D eigenvalue weighted by molar-refractivity contribution is 0.0695. The molecule has 0 radical (unpaired) electrons. The first-order valence-electron chi connectivity index (χ1n) is 6.30. The highest BCUT2D eigenvalue weighted by atomic mass is 32.1. The normalized spacial score (nSPS) is 12.2. The third-order valence-corrected chi connectivity index (χ3v) is 4.27. The molecule has 2 heterocycles. The number of carboxylic acid groups (broad SMARTS) is 1. The smallest absolute Gasteiger partial charge is 0.337 e. The first-order valence-corrected chi connectivity index (χ1v) is 7.11. The van der Waals surface area contributed by atoms with E-state index in [0.717, 1.165) is 10.7 Å². The van der Waals surface area contributed by atoms with Gasteiger partial charge in [-0.05, 0) is 39.8 Å². The predicted octanol–water partition coefficient (Wildman–Crippen LogP) is 3.33. The van der Waals surface area contributed by atoms with Crippen LogP contribution in [0.3, 0.4) is 0 Å². The highest BCUT2D eigenvalue weighted by Gasteiger charge is 2.14. The number of carbonyl (C=O) groups is 1. The van der Waals surface area contributed by atoms with Crippen molar-refractivity contribution in [3.63, 3.8) is 0 Å². The summed E-state index contributed by atoms with van der Waals surface area (Å²) >= 11 is 1.66. The summed E-state index contributed by atoms with van der Waals surface area (Å²) in [7, 11) is 0. The molecular weight excluding hydrogens is 274 g/mol. The van der Waals surface area contributed by atoms with Crippen LogP contribution in [0.4, 0.5) is 5.82 Å². The van der Waals surface area contributed by atoms with Crippen LogP contribution in [0.25, 0.3) is 0 Å². The molecule has 20 heavy (non-hydrogen) atoms. The van der Waals surface area contributed by atoms with E-state index in [-0.39, 0.29) is 11.6 Å². The summed E-state index contributed by atoms with van der Waals surface area (Å²) in [6, 6.07) is 3.35. The minimum absolute atomic E-state index is 0.0868. The molecule has 0 aliphatic carbocycles. The van der Waals surface area contributed by atoms with Gasteiger partial charge in [-0.1, -0.05) is 0 Å². The maximum Gasteiger partial charge on any atom is 0.337 e. The number of rotatable bonds is 4. The number of aromatic nitrogens is 2. The Morgan fingerprint density at radius 3 is 2.45 bits per heavy atom. The van der Waals surface area contributed by atoms with E-state index in [2.05, 4.69) is 15.3 Å². The van der Waals surface area contributed by atoms with Crippen molar-refractivity contribution in [2.45, 2.75) is 33.7 Å². The second-order valence-electron chi connectivity index (χ2n) is 4.68. The summed E-state index contributed by atoms with van der Waals surface area (Å²) in [6.45, 7) is 7.71. The van der Waals surface area contributed by atoms with Crippen LogP contribution in [0.2, 0.25) is 0 Å². The Balaban J connectivity index is 2.20. The van der Waals surface area contributed by atoms with E-state index >= 15 is 0 Å². The van der Waals surface area contributed by atoms with E-state index in [1.807, 2.05) is 20.8 Å². The fourth-order valence-electron chi connectivity index (χ4n) is 2.10. The van der Waals surface area contributed by atoms with Crippen molar-refractivity contribution in [2.24, 2.45) is 0 Å². The van der Waals surface area contributed by atoms with Crippen LogP contribution in [0.1, 0.15) is 44.6 Å². The fourth-order valence-corrected chi connectivity index (χ4v) is 3.03. The molecule has 2 rings (SSSR count). The van der Waals surface area contributed by atoms with Crippen LogP contribution in [0, 0.1) is 20.8 Å². The van der Waals surface area contributed by atoms with Gasteiger partial charge in [0.15, 0.2) is 0 Å². The van der Waals surface area contributed by atoms with Gasteiger partial charge in [-0.25, -0.2) is 14.8 Å². The SMILES string of the molecule is Cc1nc(C)c(C(C)Nc2ccc(C(=O)O)c(C)n2)s1. The number of hydrogen-bond donors (Lipinski definition) is 2. The molecule has 0 aliphatic rings. The molecule has 106 valence electrons. The molecule has 0 saturated carbocycles. The van der Waals surface area contributed by atoms with Gasteiger partial charge in [-0.3, -0.25) is 0 Å². The third kappa shape index (κ3) is 2.96. The first kappa shape index (κ1) is 14.5. The van der Waals surface area contributed by atoms with E-state index in [4.69, 9.17) is 5.11 Å². The number of pyridine rings is 1. The molecule has 2 aromatic heterocycles. The van der Waals surface area contributed by atoms with E-state index < -0.39 is 5.97 Å². The topological polar surface area (TPSA) is 75.1 Å². The molecule has 2 aromatic rings. The highest BCUT2D eigenvalue weighted by Crippen LogP contribution is 2.27. The number of aromatic carboxylic acids is 1. The largest absolute Gasteiger partial charge is 0.478 e. The van der Waals surface area contributed by atoms with Crippen molar-refractivity contribution in [2.75, 3.05) is 5.32 Å². The summed E-state index contributed by atoms with van der Waals surface area (Å²) in [5.74, 6) is -0.283. The van der Waals surface area contributed by atoms with Gasteiger partial charge < -0.3 is 10.4 Å². The Kier molecular flexibility index (Phi) is 4.04. The molecule has 0 bridgehead atoms. The Labute approximate surface area is 121 Å². The zero-order valence-corrected chi connectivity index (χ0v) is 12.7. The molecule has 0 fully saturated rings. The Morgan fingerprint density at radius 1 is 1.25 bits per heavy atom. The summed E-state index contributed by atoms with van der Waals surface area (Å²) in [4.78, 5) is 20.8. The average molecular weight is 291 g/mol. The van der Waals surface area contributed by atoms with Crippen LogP contribution in [0.5, 0.6) is 0 Å². The van der Waals surface area contributed by atoms with Gasteiger partial charge >= 0.3 is 5.97 Å². The molecule has 0 amide bonds. The van der Waals surface area contributed by atoms with Crippen LogP contribution in [-0.2, 0) is 0 Å². The Morgan fingerprint density at radius 2 is 1.95 bits per heavy atom. The fraction of sp³-hybridized carbons (Fsp3) is 0.357. The van der Waals surface area contributed by atoms with Crippen molar-refractivity contribution in [1.29, 1.82) is 0 Å². The van der Waals surface area contributed by atoms with Gasteiger partial charge in [0.05, 0.1) is 28.0 Å². The number of carboxylic acids is 1. The maximum atomic E-state index is 11.0. The van der Waals surface area contributed by atoms with Gasteiger partial charge in [-0.2, -0.15) is 0 Å². The number of thiazole rings is 1. The molecule has 1 atom stereocenters. The van der Waals surface area contributed by atoms with Crippen molar-refractivity contribution >= 4 is 23.1 Å². The lowest BCUT2D eigenvalue weighted by Gasteiger charge is -2.14. The van der Waals surface area contributed by atoms with E-state index in [9.17, 15) is 4.79 Å². The van der Waals surface area contributed by atoms with Gasteiger partial charge in [-0.15, -0.1) is 11.3 Å². The minimum Gasteiger partial charge on any atom is -0.478 e. The summed E-state index contributed by atoms with van der Waals surface area (Å²) in [5.41, 5.74) is 1.76. The maximum absolute atomic E-state index is 11.0. The van der Waals surface area contributed by atoms with Gasteiger partial charge in [0.1, 0.15) is 5.82 Å². The van der Waals surface area contributed by atoms with Gasteiger partial charge in [0, 0.05) is 4.88 Å². The number of aryl methyl sites for hydroxylation is 3. The Bertz CT molecular complexity index is 652. The molecule has 0 saturated heterocycles. The zero-order valence-electron chi connectivity index (χ0n) is 11.9. The van der Waals surface area contributed by atoms with E-state index in [1.54, 1.807) is 30.4 Å². The quantitative estimate of drug-likeness (QED) is 0.903. The number of anilines is 1.